The normalized spacial score (nSPS) is 11.0. The van der Waals surface area contributed by atoms with Crippen LogP contribution in [0.3, 0.4) is 0 Å². The Morgan fingerprint density at radius 3 is 2.25 bits per heavy atom. The van der Waals surface area contributed by atoms with E-state index >= 15 is 0 Å². The van der Waals surface area contributed by atoms with Crippen molar-refractivity contribution in [1.29, 1.82) is 0 Å². The minimum Gasteiger partial charge on any atom is -0.497 e. The van der Waals surface area contributed by atoms with E-state index in [1.165, 1.54) is 4.90 Å². The molecule has 0 atom stereocenters. The van der Waals surface area contributed by atoms with Gasteiger partial charge in [-0.25, -0.2) is 14.8 Å². The third-order valence-electron chi connectivity index (χ3n) is 3.01. The molecule has 1 amide bonds. The SMILES string of the molecule is COc1ccc(N(Cc2cnc(Cl)nc2)C(=O)OC(C)(C)C)cc1. The maximum atomic E-state index is 12.6. The van der Waals surface area contributed by atoms with Crippen LogP contribution in [0.4, 0.5) is 10.5 Å². The highest BCUT2D eigenvalue weighted by Gasteiger charge is 2.24. The van der Waals surface area contributed by atoms with Crippen molar-refractivity contribution >= 4 is 23.4 Å². The summed E-state index contributed by atoms with van der Waals surface area (Å²) in [7, 11) is 1.59. The van der Waals surface area contributed by atoms with Gasteiger partial charge < -0.3 is 9.47 Å². The fourth-order valence-corrected chi connectivity index (χ4v) is 2.04. The van der Waals surface area contributed by atoms with Crippen molar-refractivity contribution in [2.24, 2.45) is 0 Å². The molecule has 0 N–H and O–H groups in total. The van der Waals surface area contributed by atoms with E-state index in [1.54, 1.807) is 43.8 Å². The summed E-state index contributed by atoms with van der Waals surface area (Å²) in [6.07, 6.45) is 2.70. The van der Waals surface area contributed by atoms with E-state index in [-0.39, 0.29) is 11.8 Å². The van der Waals surface area contributed by atoms with E-state index in [4.69, 9.17) is 21.1 Å². The number of aromatic nitrogens is 2. The van der Waals surface area contributed by atoms with Crippen molar-refractivity contribution in [1.82, 2.24) is 9.97 Å². The molecule has 0 aliphatic heterocycles. The highest BCUT2D eigenvalue weighted by Crippen LogP contribution is 2.23. The zero-order chi connectivity index (χ0) is 17.7. The van der Waals surface area contributed by atoms with Gasteiger partial charge in [0.1, 0.15) is 11.4 Å². The molecule has 0 saturated heterocycles. The Balaban J connectivity index is 2.28. The van der Waals surface area contributed by atoms with Crippen LogP contribution in [0.1, 0.15) is 26.3 Å². The molecule has 2 aromatic rings. The molecule has 6 nitrogen and oxygen atoms in total. The largest absolute Gasteiger partial charge is 0.497 e. The fourth-order valence-electron chi connectivity index (χ4n) is 1.94. The number of nitrogens with zero attached hydrogens (tertiary/aromatic N) is 3. The fraction of sp³-hybridized carbons (Fsp3) is 0.353. The lowest BCUT2D eigenvalue weighted by Crippen LogP contribution is -2.36. The number of amides is 1. The van der Waals surface area contributed by atoms with Crippen LogP contribution in [-0.4, -0.2) is 28.8 Å². The molecule has 1 aromatic heterocycles. The lowest BCUT2D eigenvalue weighted by Gasteiger charge is -2.27. The highest BCUT2D eigenvalue weighted by molar-refractivity contribution is 6.28. The Hall–Kier alpha value is -2.34. The summed E-state index contributed by atoms with van der Waals surface area (Å²) in [4.78, 5) is 22.0. The number of methoxy groups -OCH3 is 1. The number of benzene rings is 1. The first-order valence-corrected chi connectivity index (χ1v) is 7.77. The van der Waals surface area contributed by atoms with Crippen LogP contribution in [0.25, 0.3) is 0 Å². The summed E-state index contributed by atoms with van der Waals surface area (Å²) < 4.78 is 10.6. The number of rotatable bonds is 4. The summed E-state index contributed by atoms with van der Waals surface area (Å²) in [5.74, 6) is 0.706. The van der Waals surface area contributed by atoms with Crippen LogP contribution in [-0.2, 0) is 11.3 Å². The molecule has 1 heterocycles. The molecule has 0 radical (unpaired) electrons. The molecule has 0 aliphatic rings. The molecule has 7 heteroatoms. The molecule has 0 unspecified atom stereocenters. The first-order valence-electron chi connectivity index (χ1n) is 7.39. The molecule has 1 aromatic carbocycles. The van der Waals surface area contributed by atoms with Gasteiger partial charge in [0.15, 0.2) is 0 Å². The van der Waals surface area contributed by atoms with E-state index in [9.17, 15) is 4.79 Å². The molecule has 24 heavy (non-hydrogen) atoms. The molecule has 0 spiro atoms. The van der Waals surface area contributed by atoms with E-state index < -0.39 is 11.7 Å². The van der Waals surface area contributed by atoms with Crippen molar-refractivity contribution in [3.63, 3.8) is 0 Å². The Morgan fingerprint density at radius 1 is 1.17 bits per heavy atom. The van der Waals surface area contributed by atoms with Gasteiger partial charge >= 0.3 is 6.09 Å². The zero-order valence-electron chi connectivity index (χ0n) is 14.1. The van der Waals surface area contributed by atoms with E-state index in [0.717, 1.165) is 5.56 Å². The minimum absolute atomic E-state index is 0.159. The van der Waals surface area contributed by atoms with Gasteiger partial charge in [0.25, 0.3) is 0 Å². The Bertz CT molecular complexity index is 682. The first-order chi connectivity index (χ1) is 11.3. The quantitative estimate of drug-likeness (QED) is 0.778. The number of carbonyl (C=O) groups excluding carboxylic acids is 1. The van der Waals surface area contributed by atoms with Gasteiger partial charge in [-0.05, 0) is 56.6 Å². The van der Waals surface area contributed by atoms with Crippen LogP contribution in [0, 0.1) is 0 Å². The Kier molecular flexibility index (Phi) is 5.62. The van der Waals surface area contributed by atoms with Gasteiger partial charge in [0.2, 0.25) is 5.28 Å². The van der Waals surface area contributed by atoms with E-state index in [0.29, 0.717) is 11.4 Å². The third-order valence-corrected chi connectivity index (χ3v) is 3.21. The van der Waals surface area contributed by atoms with Gasteiger partial charge in [0, 0.05) is 23.6 Å². The average molecular weight is 350 g/mol. The number of ether oxygens (including phenoxy) is 2. The lowest BCUT2D eigenvalue weighted by molar-refractivity contribution is 0.0577. The van der Waals surface area contributed by atoms with Crippen LogP contribution < -0.4 is 9.64 Å². The second-order valence-corrected chi connectivity index (χ2v) is 6.46. The predicted molar refractivity (Wildman–Crippen MR) is 92.5 cm³/mol. The topological polar surface area (TPSA) is 64.5 Å². The highest BCUT2D eigenvalue weighted by atomic mass is 35.5. The van der Waals surface area contributed by atoms with Crippen molar-refractivity contribution in [2.45, 2.75) is 32.9 Å². The predicted octanol–water partition coefficient (Wildman–Crippen LogP) is 4.08. The van der Waals surface area contributed by atoms with Crippen LogP contribution in [0.2, 0.25) is 5.28 Å². The van der Waals surface area contributed by atoms with Gasteiger partial charge in [-0.15, -0.1) is 0 Å². The summed E-state index contributed by atoms with van der Waals surface area (Å²) >= 11 is 5.71. The minimum atomic E-state index is -0.599. The van der Waals surface area contributed by atoms with E-state index in [2.05, 4.69) is 9.97 Å². The Morgan fingerprint density at radius 2 is 1.75 bits per heavy atom. The summed E-state index contributed by atoms with van der Waals surface area (Å²) in [6, 6.07) is 7.15. The van der Waals surface area contributed by atoms with Gasteiger partial charge in [0.05, 0.1) is 13.7 Å². The second kappa shape index (κ2) is 7.49. The van der Waals surface area contributed by atoms with Gasteiger partial charge in [-0.1, -0.05) is 0 Å². The van der Waals surface area contributed by atoms with Crippen LogP contribution in [0.5, 0.6) is 5.75 Å². The molecule has 0 bridgehead atoms. The smallest absolute Gasteiger partial charge is 0.415 e. The molecule has 2 rings (SSSR count). The average Bonchev–Trinajstić information content (AvgIpc) is 2.53. The Labute approximate surface area is 146 Å². The zero-order valence-corrected chi connectivity index (χ0v) is 14.9. The molecule has 128 valence electrons. The molecule has 0 saturated carbocycles. The number of anilines is 1. The van der Waals surface area contributed by atoms with Gasteiger partial charge in [-0.3, -0.25) is 4.90 Å². The second-order valence-electron chi connectivity index (χ2n) is 6.12. The number of halogens is 1. The van der Waals surface area contributed by atoms with Gasteiger partial charge in [-0.2, -0.15) is 0 Å². The molecular formula is C17H20ClN3O3. The van der Waals surface area contributed by atoms with Crippen molar-refractivity contribution in [2.75, 3.05) is 12.0 Å². The van der Waals surface area contributed by atoms with E-state index in [1.807, 2.05) is 20.8 Å². The maximum absolute atomic E-state index is 12.6. The summed E-state index contributed by atoms with van der Waals surface area (Å²) in [5.41, 5.74) is 0.819. The number of hydrogen-bond donors (Lipinski definition) is 0. The van der Waals surface area contributed by atoms with Crippen molar-refractivity contribution in [3.05, 3.63) is 47.5 Å². The summed E-state index contributed by atoms with van der Waals surface area (Å²) in [6.45, 7) is 5.73. The standard InChI is InChI=1S/C17H20ClN3O3/c1-17(2,3)24-16(22)21(11-12-9-19-15(18)20-10-12)13-5-7-14(23-4)8-6-13/h5-10H,11H2,1-4H3. The molecule has 0 fully saturated rings. The number of hydrogen-bond acceptors (Lipinski definition) is 5. The first kappa shape index (κ1) is 18.0. The van der Waals surface area contributed by atoms with Crippen LogP contribution in [0.15, 0.2) is 36.7 Å². The van der Waals surface area contributed by atoms with Crippen molar-refractivity contribution in [3.8, 4) is 5.75 Å². The van der Waals surface area contributed by atoms with Crippen LogP contribution >= 0.6 is 11.6 Å². The molecular weight excluding hydrogens is 330 g/mol. The molecule has 0 aliphatic carbocycles. The monoisotopic (exact) mass is 349 g/mol. The third kappa shape index (κ3) is 5.09. The maximum Gasteiger partial charge on any atom is 0.415 e. The lowest BCUT2D eigenvalue weighted by atomic mass is 10.2. The van der Waals surface area contributed by atoms with Crippen molar-refractivity contribution < 1.29 is 14.3 Å². The summed E-state index contributed by atoms with van der Waals surface area (Å²) in [5, 5.41) is 0.159. The number of carbonyl (C=O) groups is 1.